The number of alkyl halides is 3. The number of rotatable bonds is 4. The van der Waals surface area contributed by atoms with Crippen molar-refractivity contribution in [2.45, 2.75) is 37.9 Å². The first kappa shape index (κ1) is 21.9. The zero-order chi connectivity index (χ0) is 21.3. The Kier molecular flexibility index (Phi) is 5.94. The van der Waals surface area contributed by atoms with Crippen LogP contribution in [0.4, 0.5) is 13.2 Å². The largest absolute Gasteiger partial charge is 0.416 e. The highest BCUT2D eigenvalue weighted by Gasteiger charge is 2.33. The minimum Gasteiger partial charge on any atom is -0.345 e. The zero-order valence-corrected chi connectivity index (χ0v) is 16.8. The zero-order valence-electron chi connectivity index (χ0n) is 16.0. The Balaban J connectivity index is 2.41. The maximum absolute atomic E-state index is 13.1. The van der Waals surface area contributed by atoms with Gasteiger partial charge in [-0.05, 0) is 41.3 Å². The van der Waals surface area contributed by atoms with Gasteiger partial charge in [-0.2, -0.15) is 13.2 Å². The van der Waals surface area contributed by atoms with Gasteiger partial charge in [0.2, 0.25) is 0 Å². The molecule has 1 amide bonds. The SMILES string of the molecule is CC(C)(C)C(NC(=O)c1cccc(S(C)(=O)=O)c1)c1cccc(C(F)(F)F)c1. The number of hydrogen-bond acceptors (Lipinski definition) is 3. The lowest BCUT2D eigenvalue weighted by atomic mass is 9.81. The molecule has 0 heterocycles. The van der Waals surface area contributed by atoms with Crippen LogP contribution in [0.15, 0.2) is 53.4 Å². The van der Waals surface area contributed by atoms with Crippen LogP contribution >= 0.6 is 0 Å². The Morgan fingerprint density at radius 3 is 2.14 bits per heavy atom. The minimum absolute atomic E-state index is 0.00784. The van der Waals surface area contributed by atoms with Crippen LogP contribution in [-0.4, -0.2) is 20.6 Å². The number of benzene rings is 2. The summed E-state index contributed by atoms with van der Waals surface area (Å²) in [5, 5.41) is 2.75. The predicted octanol–water partition coefficient (Wildman–Crippen LogP) is 4.63. The van der Waals surface area contributed by atoms with Gasteiger partial charge in [-0.25, -0.2) is 8.42 Å². The van der Waals surface area contributed by atoms with Gasteiger partial charge < -0.3 is 5.32 Å². The fourth-order valence-electron chi connectivity index (χ4n) is 2.78. The average molecular weight is 413 g/mol. The fourth-order valence-corrected chi connectivity index (χ4v) is 3.44. The summed E-state index contributed by atoms with van der Waals surface area (Å²) in [5.74, 6) is -0.567. The lowest BCUT2D eigenvalue weighted by Crippen LogP contribution is -2.36. The second-order valence-electron chi connectivity index (χ2n) is 7.70. The van der Waals surface area contributed by atoms with E-state index in [9.17, 15) is 26.4 Å². The van der Waals surface area contributed by atoms with Gasteiger partial charge in [-0.3, -0.25) is 4.79 Å². The van der Waals surface area contributed by atoms with Gasteiger partial charge >= 0.3 is 6.18 Å². The van der Waals surface area contributed by atoms with Crippen molar-refractivity contribution in [2.24, 2.45) is 5.41 Å². The summed E-state index contributed by atoms with van der Waals surface area (Å²) in [7, 11) is -3.49. The normalized spacial score (nSPS) is 13.8. The van der Waals surface area contributed by atoms with Crippen molar-refractivity contribution in [1.29, 1.82) is 0 Å². The van der Waals surface area contributed by atoms with E-state index in [-0.39, 0.29) is 10.5 Å². The van der Waals surface area contributed by atoms with Crippen molar-refractivity contribution in [3.8, 4) is 0 Å². The number of carbonyl (C=O) groups excluding carboxylic acids is 1. The van der Waals surface area contributed by atoms with Crippen molar-refractivity contribution in [3.05, 3.63) is 65.2 Å². The summed E-state index contributed by atoms with van der Waals surface area (Å²) in [4.78, 5) is 12.7. The van der Waals surface area contributed by atoms with E-state index < -0.39 is 38.9 Å². The van der Waals surface area contributed by atoms with Crippen molar-refractivity contribution in [1.82, 2.24) is 5.32 Å². The van der Waals surface area contributed by atoms with Crippen LogP contribution < -0.4 is 5.32 Å². The van der Waals surface area contributed by atoms with Gasteiger partial charge in [0.05, 0.1) is 16.5 Å². The molecule has 0 saturated heterocycles. The van der Waals surface area contributed by atoms with Gasteiger partial charge in [-0.15, -0.1) is 0 Å². The summed E-state index contributed by atoms with van der Waals surface area (Å²) in [6.45, 7) is 5.39. The number of hydrogen-bond donors (Lipinski definition) is 1. The van der Waals surface area contributed by atoms with E-state index >= 15 is 0 Å². The summed E-state index contributed by atoms with van der Waals surface area (Å²) >= 11 is 0. The van der Waals surface area contributed by atoms with Crippen LogP contribution in [0.2, 0.25) is 0 Å². The Labute approximate surface area is 162 Å². The van der Waals surface area contributed by atoms with Gasteiger partial charge in [0.15, 0.2) is 9.84 Å². The van der Waals surface area contributed by atoms with Gasteiger partial charge in [0.1, 0.15) is 0 Å². The molecule has 0 radical (unpaired) electrons. The lowest BCUT2D eigenvalue weighted by Gasteiger charge is -2.32. The molecule has 0 saturated carbocycles. The van der Waals surface area contributed by atoms with Crippen molar-refractivity contribution in [2.75, 3.05) is 6.26 Å². The molecule has 1 atom stereocenters. The molecule has 1 N–H and O–H groups in total. The third-order valence-corrected chi connectivity index (χ3v) is 5.32. The maximum atomic E-state index is 13.1. The van der Waals surface area contributed by atoms with E-state index in [1.54, 1.807) is 20.8 Å². The summed E-state index contributed by atoms with van der Waals surface area (Å²) in [6.07, 6.45) is -3.46. The van der Waals surface area contributed by atoms with Crippen molar-refractivity contribution >= 4 is 15.7 Å². The molecule has 8 heteroatoms. The molecule has 0 aliphatic rings. The Hall–Kier alpha value is -2.35. The van der Waals surface area contributed by atoms with Crippen LogP contribution in [0.25, 0.3) is 0 Å². The first-order chi connectivity index (χ1) is 12.7. The van der Waals surface area contributed by atoms with E-state index in [0.717, 1.165) is 18.4 Å². The van der Waals surface area contributed by atoms with Crippen molar-refractivity contribution in [3.63, 3.8) is 0 Å². The summed E-state index contributed by atoms with van der Waals surface area (Å²) in [5.41, 5.74) is -0.958. The molecule has 1 unspecified atom stereocenters. The van der Waals surface area contributed by atoms with E-state index in [1.165, 1.54) is 36.4 Å². The molecule has 2 aromatic carbocycles. The fraction of sp³-hybridized carbons (Fsp3) is 0.350. The molecule has 0 fully saturated rings. The maximum Gasteiger partial charge on any atom is 0.416 e. The molecule has 2 aromatic rings. The molecule has 0 aromatic heterocycles. The first-order valence-corrected chi connectivity index (χ1v) is 10.4. The number of amides is 1. The predicted molar refractivity (Wildman–Crippen MR) is 101 cm³/mol. The molecule has 0 spiro atoms. The van der Waals surface area contributed by atoms with Gasteiger partial charge in [0, 0.05) is 11.8 Å². The Morgan fingerprint density at radius 1 is 1.00 bits per heavy atom. The van der Waals surface area contributed by atoms with E-state index in [2.05, 4.69) is 5.32 Å². The second-order valence-corrected chi connectivity index (χ2v) is 9.71. The van der Waals surface area contributed by atoms with E-state index in [1.807, 2.05) is 0 Å². The van der Waals surface area contributed by atoms with E-state index in [4.69, 9.17) is 0 Å². The number of halogens is 3. The third-order valence-electron chi connectivity index (χ3n) is 4.21. The molecule has 0 aliphatic carbocycles. The number of carbonyl (C=O) groups is 1. The molecule has 0 bridgehead atoms. The molecule has 152 valence electrons. The molecule has 2 rings (SSSR count). The van der Waals surface area contributed by atoms with Crippen LogP contribution in [0.3, 0.4) is 0 Å². The smallest absolute Gasteiger partial charge is 0.345 e. The number of sulfone groups is 1. The topological polar surface area (TPSA) is 63.2 Å². The van der Waals surface area contributed by atoms with Crippen LogP contribution in [-0.2, 0) is 16.0 Å². The third kappa shape index (κ3) is 5.34. The van der Waals surface area contributed by atoms with Crippen LogP contribution in [0.1, 0.15) is 48.3 Å². The van der Waals surface area contributed by atoms with Crippen LogP contribution in [0, 0.1) is 5.41 Å². The average Bonchev–Trinajstić information content (AvgIpc) is 2.57. The minimum atomic E-state index is -4.49. The number of nitrogens with one attached hydrogen (secondary N) is 1. The lowest BCUT2D eigenvalue weighted by molar-refractivity contribution is -0.137. The molecular weight excluding hydrogens is 391 g/mol. The summed E-state index contributed by atoms with van der Waals surface area (Å²) in [6, 6.07) is 9.62. The van der Waals surface area contributed by atoms with Gasteiger partial charge in [-0.1, -0.05) is 39.0 Å². The van der Waals surface area contributed by atoms with Gasteiger partial charge in [0.25, 0.3) is 5.91 Å². The molecular formula is C20H22F3NO3S. The standard InChI is InChI=1S/C20H22F3NO3S/c1-19(2,3)17(13-7-5-9-15(11-13)20(21,22)23)24-18(25)14-8-6-10-16(12-14)28(4,26)27/h5-12,17H,1-4H3,(H,24,25). The highest BCUT2D eigenvalue weighted by Crippen LogP contribution is 2.36. The monoisotopic (exact) mass is 413 g/mol. The Bertz CT molecular complexity index is 977. The molecule has 4 nitrogen and oxygen atoms in total. The molecule has 0 aliphatic heterocycles. The van der Waals surface area contributed by atoms with Crippen molar-refractivity contribution < 1.29 is 26.4 Å². The highest BCUT2D eigenvalue weighted by atomic mass is 32.2. The Morgan fingerprint density at radius 2 is 1.61 bits per heavy atom. The highest BCUT2D eigenvalue weighted by molar-refractivity contribution is 7.90. The summed E-state index contributed by atoms with van der Waals surface area (Å²) < 4.78 is 62.6. The van der Waals surface area contributed by atoms with E-state index in [0.29, 0.717) is 5.56 Å². The van der Waals surface area contributed by atoms with Crippen LogP contribution in [0.5, 0.6) is 0 Å². The second kappa shape index (κ2) is 7.58. The molecule has 28 heavy (non-hydrogen) atoms. The first-order valence-electron chi connectivity index (χ1n) is 8.48. The quantitative estimate of drug-likeness (QED) is 0.795.